The van der Waals surface area contributed by atoms with Gasteiger partial charge in [0.1, 0.15) is 17.3 Å². The van der Waals surface area contributed by atoms with Crippen molar-refractivity contribution < 1.29 is 0 Å². The molecular weight excluding hydrogens is 338 g/mol. The van der Waals surface area contributed by atoms with Crippen LogP contribution in [0.25, 0.3) is 11.5 Å². The second kappa shape index (κ2) is 6.51. The molecule has 0 saturated heterocycles. The van der Waals surface area contributed by atoms with Gasteiger partial charge in [0.25, 0.3) is 0 Å². The number of imidazole rings is 1. The predicted molar refractivity (Wildman–Crippen MR) is 105 cm³/mol. The number of hydrogen-bond donors (Lipinski definition) is 1. The average Bonchev–Trinajstić information content (AvgIpc) is 3.22. The zero-order valence-electron chi connectivity index (χ0n) is 15.7. The highest BCUT2D eigenvalue weighted by molar-refractivity contribution is 5.70. The Kier molecular flexibility index (Phi) is 3.99. The van der Waals surface area contributed by atoms with Gasteiger partial charge in [-0.3, -0.25) is 9.13 Å². The molecule has 140 valence electrons. The molecule has 1 aromatic rings. The molecule has 3 aliphatic heterocycles. The third kappa shape index (κ3) is 2.74. The number of fused-ring (bicyclic) bond motifs is 3. The average molecular weight is 363 g/mol. The van der Waals surface area contributed by atoms with Crippen LogP contribution in [0.15, 0.2) is 35.1 Å². The van der Waals surface area contributed by atoms with Gasteiger partial charge in [0.05, 0.1) is 0 Å². The number of benzene rings is 1. The number of nitrogens with one attached hydrogen (secondary N) is 1. The Morgan fingerprint density at radius 1 is 1.19 bits per heavy atom. The number of aromatic nitrogens is 4. The lowest BCUT2D eigenvalue weighted by Gasteiger charge is -2.21. The molecule has 6 heteroatoms. The van der Waals surface area contributed by atoms with Gasteiger partial charge in [-0.25, -0.2) is 14.8 Å². The molecule has 6 nitrogen and oxygen atoms in total. The van der Waals surface area contributed by atoms with Crippen molar-refractivity contribution in [3.63, 3.8) is 0 Å². The second-order valence-electron chi connectivity index (χ2n) is 7.81. The van der Waals surface area contributed by atoms with Crippen molar-refractivity contribution in [1.29, 1.82) is 0 Å². The maximum Gasteiger partial charge on any atom is 0.331 e. The van der Waals surface area contributed by atoms with E-state index in [0.29, 0.717) is 19.0 Å². The van der Waals surface area contributed by atoms with Gasteiger partial charge in [-0.1, -0.05) is 43.7 Å². The van der Waals surface area contributed by atoms with Crippen LogP contribution in [0.3, 0.4) is 0 Å². The van der Waals surface area contributed by atoms with Crippen molar-refractivity contribution in [3.8, 4) is 11.5 Å². The van der Waals surface area contributed by atoms with E-state index in [4.69, 9.17) is 9.97 Å². The minimum atomic E-state index is 0.0301. The number of hydrogen-bond acceptors (Lipinski definition) is 4. The summed E-state index contributed by atoms with van der Waals surface area (Å²) in [6, 6.07) is 10.6. The van der Waals surface area contributed by atoms with Crippen LogP contribution in [-0.2, 0) is 19.5 Å². The molecule has 0 amide bonds. The summed E-state index contributed by atoms with van der Waals surface area (Å²) in [4.78, 5) is 22.8. The van der Waals surface area contributed by atoms with Crippen molar-refractivity contribution in [2.75, 3.05) is 5.32 Å². The van der Waals surface area contributed by atoms with Gasteiger partial charge >= 0.3 is 5.69 Å². The zero-order chi connectivity index (χ0) is 18.4. The van der Waals surface area contributed by atoms with Crippen LogP contribution >= 0.6 is 0 Å². The van der Waals surface area contributed by atoms with Gasteiger partial charge in [-0.05, 0) is 31.2 Å². The summed E-state index contributed by atoms with van der Waals surface area (Å²) in [5, 5.41) is 3.57. The van der Waals surface area contributed by atoms with Crippen LogP contribution < -0.4 is 11.0 Å². The molecule has 0 unspecified atom stereocenters. The molecule has 0 spiro atoms. The molecule has 5 rings (SSSR count). The fraction of sp³-hybridized carbons (Fsp3) is 0.476. The lowest BCUT2D eigenvalue weighted by molar-refractivity contribution is 0.404. The van der Waals surface area contributed by atoms with Gasteiger partial charge in [0.15, 0.2) is 5.82 Å². The molecule has 1 fully saturated rings. The Morgan fingerprint density at radius 2 is 2.00 bits per heavy atom. The van der Waals surface area contributed by atoms with Crippen molar-refractivity contribution in [2.24, 2.45) is 0 Å². The van der Waals surface area contributed by atoms with Crippen LogP contribution in [0.4, 0.5) is 5.82 Å². The molecule has 1 aromatic carbocycles. The highest BCUT2D eigenvalue weighted by atomic mass is 16.1. The Morgan fingerprint density at radius 3 is 2.70 bits per heavy atom. The molecule has 1 N–H and O–H groups in total. The smallest absolute Gasteiger partial charge is 0.331 e. The van der Waals surface area contributed by atoms with Crippen LogP contribution in [-0.4, -0.2) is 25.1 Å². The van der Waals surface area contributed by atoms with Crippen LogP contribution in [0.2, 0.25) is 0 Å². The van der Waals surface area contributed by atoms with Crippen LogP contribution in [0, 0.1) is 0 Å². The summed E-state index contributed by atoms with van der Waals surface area (Å²) in [5.41, 5.74) is 2.17. The van der Waals surface area contributed by atoms with Gasteiger partial charge in [0, 0.05) is 25.0 Å². The van der Waals surface area contributed by atoms with Gasteiger partial charge in [0.2, 0.25) is 0 Å². The van der Waals surface area contributed by atoms with E-state index in [2.05, 4.69) is 36.5 Å². The number of rotatable bonds is 5. The van der Waals surface area contributed by atoms with E-state index in [0.717, 1.165) is 48.8 Å². The maximum absolute atomic E-state index is 13.1. The normalized spacial score (nSPS) is 19.1. The van der Waals surface area contributed by atoms with Gasteiger partial charge in [-0.2, -0.15) is 0 Å². The summed E-state index contributed by atoms with van der Waals surface area (Å²) in [6.07, 6.45) is 5.37. The quantitative estimate of drug-likeness (QED) is 0.756. The first-order chi connectivity index (χ1) is 13.2. The van der Waals surface area contributed by atoms with Crippen molar-refractivity contribution in [2.45, 2.75) is 64.1 Å². The summed E-state index contributed by atoms with van der Waals surface area (Å²) < 4.78 is 3.69. The molecule has 4 aliphatic rings. The Bertz CT molecular complexity index is 986. The first kappa shape index (κ1) is 16.5. The lowest BCUT2D eigenvalue weighted by Crippen LogP contribution is -2.32. The first-order valence-corrected chi connectivity index (χ1v) is 10.1. The largest absolute Gasteiger partial charge is 0.365 e. The fourth-order valence-corrected chi connectivity index (χ4v) is 4.22. The Balaban J connectivity index is 1.55. The molecule has 27 heavy (non-hydrogen) atoms. The molecule has 1 atom stereocenters. The van der Waals surface area contributed by atoms with Crippen LogP contribution in [0.5, 0.6) is 0 Å². The number of nitrogens with zero attached hydrogens (tertiary/aromatic N) is 4. The monoisotopic (exact) mass is 363 g/mol. The Labute approximate surface area is 158 Å². The van der Waals surface area contributed by atoms with E-state index in [9.17, 15) is 4.79 Å². The molecular formula is C21H25N5O. The molecule has 0 radical (unpaired) electrons. The van der Waals surface area contributed by atoms with Crippen molar-refractivity contribution in [3.05, 3.63) is 52.2 Å². The zero-order valence-corrected chi connectivity index (χ0v) is 15.7. The summed E-state index contributed by atoms with van der Waals surface area (Å²) in [5.74, 6) is 2.98. The minimum absolute atomic E-state index is 0.0301. The minimum Gasteiger partial charge on any atom is -0.365 e. The Hall–Kier alpha value is -2.63. The van der Waals surface area contributed by atoms with E-state index in [-0.39, 0.29) is 11.7 Å². The number of anilines is 1. The molecule has 3 heterocycles. The van der Waals surface area contributed by atoms with E-state index >= 15 is 0 Å². The molecule has 0 bridgehead atoms. The van der Waals surface area contributed by atoms with Crippen molar-refractivity contribution in [1.82, 2.24) is 19.1 Å². The van der Waals surface area contributed by atoms with E-state index in [1.165, 1.54) is 12.0 Å². The van der Waals surface area contributed by atoms with Gasteiger partial charge < -0.3 is 5.32 Å². The van der Waals surface area contributed by atoms with Crippen LogP contribution in [0.1, 0.15) is 49.9 Å². The second-order valence-corrected chi connectivity index (χ2v) is 7.81. The lowest BCUT2D eigenvalue weighted by atomic mass is 9.85. The standard InChI is InChI=1S/C21H25N5O/c1-2-11-25-20-17(23-18(24-20)15-9-6-10-15)19-22-16(13-26(19)21(25)27)12-14-7-4-3-5-8-14/h3-5,7-8,15-16,22H,2,6,9-13H2,1H3/t16-/m1/s1. The van der Waals surface area contributed by atoms with Gasteiger partial charge in [-0.15, -0.1) is 0 Å². The third-order valence-corrected chi connectivity index (χ3v) is 5.86. The highest BCUT2D eigenvalue weighted by Gasteiger charge is 2.33. The van der Waals surface area contributed by atoms with E-state index in [1.54, 1.807) is 0 Å². The summed E-state index contributed by atoms with van der Waals surface area (Å²) in [7, 11) is 0. The first-order valence-electron chi connectivity index (χ1n) is 10.1. The predicted octanol–water partition coefficient (Wildman–Crippen LogP) is 3.26. The maximum atomic E-state index is 13.1. The van der Waals surface area contributed by atoms with Crippen molar-refractivity contribution >= 4 is 5.82 Å². The highest BCUT2D eigenvalue weighted by Crippen LogP contribution is 2.38. The fourth-order valence-electron chi connectivity index (χ4n) is 4.22. The molecule has 0 aromatic heterocycles. The van der Waals surface area contributed by atoms with E-state index in [1.807, 2.05) is 15.2 Å². The third-order valence-electron chi connectivity index (χ3n) is 5.86. The topological polar surface area (TPSA) is 64.7 Å². The SMILES string of the molecule is CCCn1c2nc(C3CCC3)nc-2c2n(c1=O)C[C@@H](Cc1ccccc1)N2. The molecule has 1 saturated carbocycles. The molecule has 1 aliphatic carbocycles. The summed E-state index contributed by atoms with van der Waals surface area (Å²) in [6.45, 7) is 3.45. The van der Waals surface area contributed by atoms with E-state index < -0.39 is 0 Å². The summed E-state index contributed by atoms with van der Waals surface area (Å²) >= 11 is 0.